The van der Waals surface area contributed by atoms with E-state index in [9.17, 15) is 10.1 Å². The van der Waals surface area contributed by atoms with Gasteiger partial charge >= 0.3 is 5.97 Å². The van der Waals surface area contributed by atoms with Crippen LogP contribution in [0, 0.1) is 11.3 Å². The van der Waals surface area contributed by atoms with E-state index >= 15 is 0 Å². The van der Waals surface area contributed by atoms with Gasteiger partial charge in [0.15, 0.2) is 11.5 Å². The Balaban J connectivity index is 1.62. The lowest BCUT2D eigenvalue weighted by atomic mass is 9.83. The minimum absolute atomic E-state index is 0.0328. The Kier molecular flexibility index (Phi) is 7.99. The predicted octanol–water partition coefficient (Wildman–Crippen LogP) is 5.26. The molecule has 0 amide bonds. The van der Waals surface area contributed by atoms with Crippen LogP contribution in [-0.4, -0.2) is 26.3 Å². The fourth-order valence-corrected chi connectivity index (χ4v) is 3.98. The molecule has 1 heterocycles. The van der Waals surface area contributed by atoms with Crippen molar-refractivity contribution in [2.75, 3.05) is 20.3 Å². The molecule has 4 rings (SSSR count). The first-order valence-electron chi connectivity index (χ1n) is 11.7. The molecule has 0 bridgehead atoms. The molecule has 0 fully saturated rings. The van der Waals surface area contributed by atoms with E-state index in [2.05, 4.69) is 19.2 Å². The lowest BCUT2D eigenvalue weighted by molar-refractivity contribution is 0.0734. The van der Waals surface area contributed by atoms with Gasteiger partial charge in [-0.3, -0.25) is 0 Å². The Morgan fingerprint density at radius 3 is 2.39 bits per heavy atom. The standard InChI is InChI=1S/C30H26N2O6/c1-4-14-35-21-9-6-19(7-10-21)30(33)37-22-11-12-23-26(17-22)38-29(32)24(18-31)28(23)20-8-13-25(36-15-5-2)27(16-20)34-3/h4-13,16-17,28H,1-2,14-15,32H2,3H3. The molecule has 3 aromatic carbocycles. The van der Waals surface area contributed by atoms with Crippen molar-refractivity contribution >= 4 is 5.97 Å². The first-order valence-corrected chi connectivity index (χ1v) is 11.7. The number of methoxy groups -OCH3 is 1. The number of hydrogen-bond donors (Lipinski definition) is 1. The summed E-state index contributed by atoms with van der Waals surface area (Å²) in [6, 6.07) is 19.1. The maximum atomic E-state index is 12.7. The molecule has 0 saturated carbocycles. The Bertz CT molecular complexity index is 1440. The molecule has 0 aromatic heterocycles. The Labute approximate surface area is 220 Å². The van der Waals surface area contributed by atoms with Crippen LogP contribution in [0.5, 0.6) is 28.7 Å². The SMILES string of the molecule is C=CCOc1ccc(C(=O)Oc2ccc3c(c2)OC(N)=C(C#N)C3c2ccc(OCC=C)c(OC)c2)cc1. The number of carbonyl (C=O) groups excluding carboxylic acids is 1. The molecule has 1 aliphatic heterocycles. The van der Waals surface area contributed by atoms with Crippen molar-refractivity contribution in [2.45, 2.75) is 5.92 Å². The number of nitrogens with zero attached hydrogens (tertiary/aromatic N) is 1. The van der Waals surface area contributed by atoms with Crippen molar-refractivity contribution in [3.05, 3.63) is 114 Å². The van der Waals surface area contributed by atoms with Crippen LogP contribution in [0.25, 0.3) is 0 Å². The summed E-state index contributed by atoms with van der Waals surface area (Å²) < 4.78 is 27.9. The third kappa shape index (κ3) is 5.47. The third-order valence-corrected chi connectivity index (χ3v) is 5.74. The summed E-state index contributed by atoms with van der Waals surface area (Å²) in [6.45, 7) is 7.95. The summed E-state index contributed by atoms with van der Waals surface area (Å²) >= 11 is 0. The molecule has 192 valence electrons. The molecule has 0 spiro atoms. The van der Waals surface area contributed by atoms with Crippen molar-refractivity contribution in [1.29, 1.82) is 5.26 Å². The average Bonchev–Trinajstić information content (AvgIpc) is 2.94. The molecule has 1 aliphatic rings. The number of nitrogens with two attached hydrogens (primary N) is 1. The Morgan fingerprint density at radius 2 is 1.71 bits per heavy atom. The van der Waals surface area contributed by atoms with E-state index in [1.807, 2.05) is 6.07 Å². The van der Waals surface area contributed by atoms with Crippen LogP contribution in [-0.2, 0) is 0 Å². The minimum Gasteiger partial charge on any atom is -0.493 e. The van der Waals surface area contributed by atoms with Crippen LogP contribution >= 0.6 is 0 Å². The second-order valence-electron chi connectivity index (χ2n) is 8.15. The molecule has 0 saturated heterocycles. The molecule has 8 heteroatoms. The van der Waals surface area contributed by atoms with Gasteiger partial charge in [0.1, 0.15) is 42.1 Å². The molecule has 0 aliphatic carbocycles. The smallest absolute Gasteiger partial charge is 0.343 e. The summed E-state index contributed by atoms with van der Waals surface area (Å²) in [6.07, 6.45) is 3.27. The lowest BCUT2D eigenvalue weighted by Crippen LogP contribution is -2.21. The van der Waals surface area contributed by atoms with Gasteiger partial charge in [-0.15, -0.1) is 0 Å². The summed E-state index contributed by atoms with van der Waals surface area (Å²) in [5.74, 6) is 1.18. The largest absolute Gasteiger partial charge is 0.493 e. The van der Waals surface area contributed by atoms with Gasteiger partial charge in [0.2, 0.25) is 5.88 Å². The van der Waals surface area contributed by atoms with Crippen LogP contribution < -0.4 is 29.4 Å². The number of fused-ring (bicyclic) bond motifs is 1. The average molecular weight is 511 g/mol. The molecule has 8 nitrogen and oxygen atoms in total. The first-order chi connectivity index (χ1) is 18.5. The van der Waals surface area contributed by atoms with Gasteiger partial charge < -0.3 is 29.4 Å². The lowest BCUT2D eigenvalue weighted by Gasteiger charge is -2.27. The number of nitriles is 1. The first kappa shape index (κ1) is 25.9. The van der Waals surface area contributed by atoms with E-state index in [1.165, 1.54) is 7.11 Å². The molecule has 38 heavy (non-hydrogen) atoms. The van der Waals surface area contributed by atoms with E-state index in [0.29, 0.717) is 47.3 Å². The zero-order chi connectivity index (χ0) is 27.1. The number of rotatable bonds is 10. The van der Waals surface area contributed by atoms with E-state index in [1.54, 1.807) is 66.7 Å². The van der Waals surface area contributed by atoms with Crippen LogP contribution in [0.4, 0.5) is 0 Å². The van der Waals surface area contributed by atoms with E-state index < -0.39 is 11.9 Å². The monoisotopic (exact) mass is 510 g/mol. The number of benzene rings is 3. The fraction of sp³-hybridized carbons (Fsp3) is 0.133. The van der Waals surface area contributed by atoms with Crippen LogP contribution in [0.3, 0.4) is 0 Å². The van der Waals surface area contributed by atoms with Crippen LogP contribution in [0.15, 0.2) is 97.4 Å². The van der Waals surface area contributed by atoms with Gasteiger partial charge in [0.25, 0.3) is 0 Å². The van der Waals surface area contributed by atoms with Crippen molar-refractivity contribution in [3.63, 3.8) is 0 Å². The van der Waals surface area contributed by atoms with Gasteiger partial charge in [-0.25, -0.2) is 4.79 Å². The van der Waals surface area contributed by atoms with E-state index in [4.69, 9.17) is 29.4 Å². The van der Waals surface area contributed by atoms with Gasteiger partial charge in [-0.05, 0) is 48.0 Å². The number of esters is 1. The summed E-state index contributed by atoms with van der Waals surface area (Å²) in [5, 5.41) is 9.86. The second-order valence-corrected chi connectivity index (χ2v) is 8.15. The van der Waals surface area contributed by atoms with E-state index in [0.717, 1.165) is 5.56 Å². The molecular weight excluding hydrogens is 484 g/mol. The maximum Gasteiger partial charge on any atom is 0.343 e. The second kappa shape index (κ2) is 11.7. The predicted molar refractivity (Wildman–Crippen MR) is 142 cm³/mol. The number of allylic oxidation sites excluding steroid dienone is 1. The topological polar surface area (TPSA) is 113 Å². The number of ether oxygens (including phenoxy) is 5. The van der Waals surface area contributed by atoms with Crippen molar-refractivity contribution < 1.29 is 28.5 Å². The quantitative estimate of drug-likeness (QED) is 0.223. The molecule has 0 radical (unpaired) electrons. The van der Waals surface area contributed by atoms with Crippen molar-refractivity contribution in [3.8, 4) is 34.8 Å². The molecular formula is C30H26N2O6. The highest BCUT2D eigenvalue weighted by Gasteiger charge is 2.31. The van der Waals surface area contributed by atoms with Gasteiger partial charge in [-0.1, -0.05) is 37.4 Å². The van der Waals surface area contributed by atoms with Gasteiger partial charge in [-0.2, -0.15) is 5.26 Å². The fourth-order valence-electron chi connectivity index (χ4n) is 3.98. The highest BCUT2D eigenvalue weighted by atomic mass is 16.5. The van der Waals surface area contributed by atoms with Crippen molar-refractivity contribution in [1.82, 2.24) is 0 Å². The summed E-state index contributed by atoms with van der Waals surface area (Å²) in [4.78, 5) is 12.7. The van der Waals surface area contributed by atoms with Gasteiger partial charge in [0, 0.05) is 11.6 Å². The molecule has 1 atom stereocenters. The third-order valence-electron chi connectivity index (χ3n) is 5.74. The minimum atomic E-state index is -0.548. The van der Waals surface area contributed by atoms with Crippen molar-refractivity contribution in [2.24, 2.45) is 5.73 Å². The Morgan fingerprint density at radius 1 is 1.00 bits per heavy atom. The van der Waals surface area contributed by atoms with Crippen LogP contribution in [0.2, 0.25) is 0 Å². The summed E-state index contributed by atoms with van der Waals surface area (Å²) in [7, 11) is 1.54. The van der Waals surface area contributed by atoms with Gasteiger partial charge in [0.05, 0.1) is 18.6 Å². The number of carbonyl (C=O) groups is 1. The molecule has 2 N–H and O–H groups in total. The Hall–Kier alpha value is -5.16. The zero-order valence-corrected chi connectivity index (χ0v) is 20.8. The molecule has 3 aromatic rings. The highest BCUT2D eigenvalue weighted by molar-refractivity contribution is 5.91. The van der Waals surface area contributed by atoms with E-state index in [-0.39, 0.29) is 17.2 Å². The maximum absolute atomic E-state index is 12.7. The normalized spacial score (nSPS) is 13.8. The van der Waals surface area contributed by atoms with Crippen LogP contribution in [0.1, 0.15) is 27.4 Å². The highest BCUT2D eigenvalue weighted by Crippen LogP contribution is 2.45. The summed E-state index contributed by atoms with van der Waals surface area (Å²) in [5.41, 5.74) is 8.17. The zero-order valence-electron chi connectivity index (χ0n) is 20.8. The number of hydrogen-bond acceptors (Lipinski definition) is 8. The molecule has 1 unspecified atom stereocenters.